The predicted octanol–water partition coefficient (Wildman–Crippen LogP) is 0.721. The highest BCUT2D eigenvalue weighted by Crippen LogP contribution is 2.41. The first-order valence-electron chi connectivity index (χ1n) is 5.88. The normalized spacial score (nSPS) is 17.6. The summed E-state index contributed by atoms with van der Waals surface area (Å²) in [5, 5.41) is 15.4. The van der Waals surface area contributed by atoms with Gasteiger partial charge in [-0.3, -0.25) is 9.59 Å². The summed E-state index contributed by atoms with van der Waals surface area (Å²) in [4.78, 5) is 26.8. The molecule has 1 heterocycles. The number of aliphatic carboxylic acids is 1. The second-order valence-corrected chi connectivity index (χ2v) is 4.59. The van der Waals surface area contributed by atoms with Crippen molar-refractivity contribution >= 4 is 11.9 Å². The van der Waals surface area contributed by atoms with E-state index in [9.17, 15) is 14.7 Å². The van der Waals surface area contributed by atoms with E-state index in [1.807, 2.05) is 0 Å². The average Bonchev–Trinajstić information content (AvgIpc) is 2.97. The molecule has 0 saturated heterocycles. The minimum atomic E-state index is -0.888. The first-order chi connectivity index (χ1) is 8.62. The van der Waals surface area contributed by atoms with Crippen LogP contribution in [0.2, 0.25) is 0 Å². The molecule has 1 aromatic heterocycles. The summed E-state index contributed by atoms with van der Waals surface area (Å²) in [6.07, 6.45) is 4.06. The molecule has 0 spiro atoms. The molecule has 0 aliphatic heterocycles. The van der Waals surface area contributed by atoms with Gasteiger partial charge in [0.25, 0.3) is 0 Å². The number of carboxylic acid groups (broad SMARTS) is 1. The number of amides is 1. The summed E-state index contributed by atoms with van der Waals surface area (Å²) < 4.78 is 4.53. The van der Waals surface area contributed by atoms with Crippen molar-refractivity contribution in [2.24, 2.45) is 5.41 Å². The van der Waals surface area contributed by atoms with Crippen LogP contribution in [0.1, 0.15) is 37.9 Å². The SMILES string of the molecule is O=C(CC1(C(=O)O)CCCC1)NCc1ncon1. The largest absolute Gasteiger partial charge is 0.481 e. The number of carbonyl (C=O) groups is 2. The topological polar surface area (TPSA) is 105 Å². The lowest BCUT2D eigenvalue weighted by atomic mass is 9.82. The Morgan fingerprint density at radius 1 is 1.44 bits per heavy atom. The smallest absolute Gasteiger partial charge is 0.310 e. The third-order valence-corrected chi connectivity index (χ3v) is 3.36. The maximum atomic E-state index is 11.7. The Bertz CT molecular complexity index is 424. The fourth-order valence-electron chi connectivity index (χ4n) is 2.34. The number of nitrogens with zero attached hydrogens (tertiary/aromatic N) is 2. The van der Waals surface area contributed by atoms with Gasteiger partial charge in [-0.1, -0.05) is 18.0 Å². The summed E-state index contributed by atoms with van der Waals surface area (Å²) in [5.74, 6) is -0.794. The molecule has 0 aromatic carbocycles. The van der Waals surface area contributed by atoms with Gasteiger partial charge < -0.3 is 14.9 Å². The molecule has 1 aliphatic carbocycles. The Kier molecular flexibility index (Phi) is 3.59. The summed E-state index contributed by atoms with van der Waals surface area (Å²) in [5.41, 5.74) is -0.888. The van der Waals surface area contributed by atoms with Crippen LogP contribution in [-0.2, 0) is 16.1 Å². The second-order valence-electron chi connectivity index (χ2n) is 4.59. The molecule has 2 rings (SSSR count). The number of hydrogen-bond acceptors (Lipinski definition) is 5. The van der Waals surface area contributed by atoms with Gasteiger partial charge in [-0.2, -0.15) is 4.98 Å². The van der Waals surface area contributed by atoms with Crippen molar-refractivity contribution in [3.8, 4) is 0 Å². The zero-order valence-electron chi connectivity index (χ0n) is 9.89. The maximum Gasteiger partial charge on any atom is 0.310 e. The molecule has 0 unspecified atom stereocenters. The maximum absolute atomic E-state index is 11.7. The number of aromatic nitrogens is 2. The van der Waals surface area contributed by atoms with E-state index in [0.29, 0.717) is 18.7 Å². The number of nitrogens with one attached hydrogen (secondary N) is 1. The zero-order valence-corrected chi connectivity index (χ0v) is 9.89. The van der Waals surface area contributed by atoms with Crippen LogP contribution in [0.15, 0.2) is 10.9 Å². The van der Waals surface area contributed by atoms with Gasteiger partial charge >= 0.3 is 5.97 Å². The molecule has 0 atom stereocenters. The van der Waals surface area contributed by atoms with Crippen LogP contribution in [0.3, 0.4) is 0 Å². The number of hydrogen-bond donors (Lipinski definition) is 2. The van der Waals surface area contributed by atoms with Crippen molar-refractivity contribution in [3.63, 3.8) is 0 Å². The Labute approximate surface area is 104 Å². The van der Waals surface area contributed by atoms with E-state index >= 15 is 0 Å². The lowest BCUT2D eigenvalue weighted by Gasteiger charge is -2.22. The van der Waals surface area contributed by atoms with Crippen molar-refractivity contribution in [3.05, 3.63) is 12.2 Å². The Hall–Kier alpha value is -1.92. The van der Waals surface area contributed by atoms with E-state index in [-0.39, 0.29) is 18.9 Å². The highest BCUT2D eigenvalue weighted by Gasteiger charge is 2.42. The standard InChI is InChI=1S/C11H15N3O4/c15-9(12-6-8-13-7-18-14-8)5-11(10(16)17)3-1-2-4-11/h7H,1-6H2,(H,12,15)(H,16,17). The van der Waals surface area contributed by atoms with Crippen LogP contribution in [0, 0.1) is 5.41 Å². The van der Waals surface area contributed by atoms with Gasteiger partial charge in [-0.25, -0.2) is 0 Å². The summed E-state index contributed by atoms with van der Waals surface area (Å²) >= 11 is 0. The predicted molar refractivity (Wildman–Crippen MR) is 59.3 cm³/mol. The lowest BCUT2D eigenvalue weighted by Crippen LogP contribution is -2.35. The van der Waals surface area contributed by atoms with E-state index in [1.165, 1.54) is 6.39 Å². The van der Waals surface area contributed by atoms with Crippen LogP contribution in [0.4, 0.5) is 0 Å². The molecule has 1 amide bonds. The molecular weight excluding hydrogens is 238 g/mol. The van der Waals surface area contributed by atoms with Crippen LogP contribution in [-0.4, -0.2) is 27.1 Å². The van der Waals surface area contributed by atoms with Gasteiger partial charge in [0, 0.05) is 6.42 Å². The van der Waals surface area contributed by atoms with Crippen molar-refractivity contribution in [2.45, 2.75) is 38.6 Å². The Morgan fingerprint density at radius 3 is 2.72 bits per heavy atom. The van der Waals surface area contributed by atoms with E-state index < -0.39 is 11.4 Å². The molecule has 7 nitrogen and oxygen atoms in total. The monoisotopic (exact) mass is 253 g/mol. The van der Waals surface area contributed by atoms with E-state index in [1.54, 1.807) is 0 Å². The van der Waals surface area contributed by atoms with Crippen molar-refractivity contribution in [1.82, 2.24) is 15.5 Å². The molecule has 2 N–H and O–H groups in total. The van der Waals surface area contributed by atoms with Gasteiger partial charge in [0.1, 0.15) is 0 Å². The fraction of sp³-hybridized carbons (Fsp3) is 0.636. The third kappa shape index (κ3) is 2.66. The molecule has 1 aliphatic rings. The number of rotatable bonds is 5. The highest BCUT2D eigenvalue weighted by molar-refractivity contribution is 5.85. The fourth-order valence-corrected chi connectivity index (χ4v) is 2.34. The van der Waals surface area contributed by atoms with Crippen LogP contribution < -0.4 is 5.32 Å². The molecule has 1 saturated carbocycles. The molecule has 0 bridgehead atoms. The zero-order chi connectivity index (χ0) is 13.0. The van der Waals surface area contributed by atoms with E-state index in [0.717, 1.165) is 12.8 Å². The Balaban J connectivity index is 1.88. The van der Waals surface area contributed by atoms with Crippen LogP contribution in [0.5, 0.6) is 0 Å². The summed E-state index contributed by atoms with van der Waals surface area (Å²) in [6.45, 7) is 0.158. The van der Waals surface area contributed by atoms with Crippen LogP contribution in [0.25, 0.3) is 0 Å². The minimum Gasteiger partial charge on any atom is -0.481 e. The molecule has 18 heavy (non-hydrogen) atoms. The second kappa shape index (κ2) is 5.16. The van der Waals surface area contributed by atoms with Crippen molar-refractivity contribution in [1.29, 1.82) is 0 Å². The molecule has 98 valence electrons. The molecule has 0 radical (unpaired) electrons. The third-order valence-electron chi connectivity index (χ3n) is 3.36. The lowest BCUT2D eigenvalue weighted by molar-refractivity contribution is -0.151. The van der Waals surface area contributed by atoms with E-state index in [4.69, 9.17) is 0 Å². The molecule has 1 fully saturated rings. The summed E-state index contributed by atoms with van der Waals surface area (Å²) in [7, 11) is 0. The van der Waals surface area contributed by atoms with Crippen LogP contribution >= 0.6 is 0 Å². The van der Waals surface area contributed by atoms with Gasteiger partial charge in [-0.15, -0.1) is 0 Å². The molecule has 1 aromatic rings. The number of carbonyl (C=O) groups excluding carboxylic acids is 1. The Morgan fingerprint density at radius 2 is 2.17 bits per heavy atom. The molecular formula is C11H15N3O4. The van der Waals surface area contributed by atoms with Crippen molar-refractivity contribution in [2.75, 3.05) is 0 Å². The highest BCUT2D eigenvalue weighted by atomic mass is 16.5. The minimum absolute atomic E-state index is 0.0141. The van der Waals surface area contributed by atoms with Gasteiger partial charge in [-0.05, 0) is 12.8 Å². The quantitative estimate of drug-likeness (QED) is 0.801. The first kappa shape index (κ1) is 12.5. The summed E-state index contributed by atoms with van der Waals surface area (Å²) in [6, 6.07) is 0. The number of carboxylic acids is 1. The molecule has 7 heteroatoms. The van der Waals surface area contributed by atoms with E-state index in [2.05, 4.69) is 20.0 Å². The first-order valence-corrected chi connectivity index (χ1v) is 5.88. The van der Waals surface area contributed by atoms with Gasteiger partial charge in [0.2, 0.25) is 12.3 Å². The van der Waals surface area contributed by atoms with Gasteiger partial charge in [0.15, 0.2) is 5.82 Å². The van der Waals surface area contributed by atoms with Crippen molar-refractivity contribution < 1.29 is 19.2 Å². The van der Waals surface area contributed by atoms with Gasteiger partial charge in [0.05, 0.1) is 12.0 Å². The average molecular weight is 253 g/mol.